The monoisotopic (exact) mass is 374 g/mol. The number of carboxylic acid groups (broad SMARTS) is 1. The van der Waals surface area contributed by atoms with E-state index in [1.807, 2.05) is 6.92 Å². The van der Waals surface area contributed by atoms with Gasteiger partial charge < -0.3 is 21.1 Å². The number of fused-ring (bicyclic) bond motifs is 3. The second-order valence-electron chi connectivity index (χ2n) is 10.4. The Morgan fingerprint density at radius 1 is 1.11 bits per heavy atom. The molecule has 0 aromatic heterocycles. The van der Waals surface area contributed by atoms with Crippen molar-refractivity contribution < 1.29 is 14.7 Å². The molecule has 4 rings (SSSR count). The lowest BCUT2D eigenvalue weighted by atomic mass is 9.40. The molecule has 150 valence electrons. The zero-order valence-electron chi connectivity index (χ0n) is 16.7. The molecule has 3 fully saturated rings. The maximum Gasteiger partial charge on any atom is 0.330 e. The predicted octanol–water partition coefficient (Wildman–Crippen LogP) is 2.21. The largest absolute Gasteiger partial charge is 0.550 e. The van der Waals surface area contributed by atoms with Crippen molar-refractivity contribution in [1.29, 1.82) is 0 Å². The Kier molecular flexibility index (Phi) is 3.90. The standard InChI is InChI=1S/C21H33N3O3/c1-18-9-5-14-19(2)7-4-8-20(3,16(25)26)13(19)6-10-21(14,12-18)11-15(18)23-24-17(22)27/h11,13-14,23H,4-10,12H2,1-3H3,(H,25,26)(H3,22,24,27)/p-1. The summed E-state index contributed by atoms with van der Waals surface area (Å²) in [5.74, 6) is -0.216. The first kappa shape index (κ1) is 18.6. The third kappa shape index (κ3) is 2.44. The third-order valence-electron chi connectivity index (χ3n) is 8.94. The van der Waals surface area contributed by atoms with Crippen LogP contribution in [0.4, 0.5) is 4.79 Å². The fourth-order valence-corrected chi connectivity index (χ4v) is 7.80. The van der Waals surface area contributed by atoms with Gasteiger partial charge >= 0.3 is 6.03 Å². The molecule has 0 aromatic carbocycles. The smallest absolute Gasteiger partial charge is 0.330 e. The van der Waals surface area contributed by atoms with Crippen LogP contribution in [0.5, 0.6) is 0 Å². The van der Waals surface area contributed by atoms with E-state index in [-0.39, 0.29) is 22.2 Å². The molecule has 4 N–H and O–H groups in total. The highest BCUT2D eigenvalue weighted by Gasteiger charge is 2.65. The average Bonchev–Trinajstić information content (AvgIpc) is 2.77. The second kappa shape index (κ2) is 5.65. The van der Waals surface area contributed by atoms with Crippen LogP contribution >= 0.6 is 0 Å². The molecule has 4 aliphatic carbocycles. The number of aliphatic carboxylic acids is 1. The number of allylic oxidation sites excluding steroid dienone is 2. The topological polar surface area (TPSA) is 107 Å². The predicted molar refractivity (Wildman–Crippen MR) is 99.6 cm³/mol. The maximum atomic E-state index is 12.1. The van der Waals surface area contributed by atoms with Crippen LogP contribution in [0, 0.1) is 33.5 Å². The molecule has 0 radical (unpaired) electrons. The van der Waals surface area contributed by atoms with E-state index < -0.39 is 17.4 Å². The van der Waals surface area contributed by atoms with Crippen LogP contribution in [0.2, 0.25) is 0 Å². The summed E-state index contributed by atoms with van der Waals surface area (Å²) in [6, 6.07) is -0.581. The molecule has 2 bridgehead atoms. The van der Waals surface area contributed by atoms with Crippen molar-refractivity contribution in [1.82, 2.24) is 10.9 Å². The van der Waals surface area contributed by atoms with E-state index in [1.165, 1.54) is 0 Å². The molecule has 6 unspecified atom stereocenters. The molecule has 4 aliphatic rings. The first-order valence-corrected chi connectivity index (χ1v) is 10.3. The second-order valence-corrected chi connectivity index (χ2v) is 10.4. The van der Waals surface area contributed by atoms with Crippen molar-refractivity contribution in [3.8, 4) is 0 Å². The molecule has 1 spiro atoms. The number of rotatable bonds is 3. The number of carboxylic acids is 1. The van der Waals surface area contributed by atoms with Crippen LogP contribution in [-0.2, 0) is 4.79 Å². The molecule has 3 saturated carbocycles. The van der Waals surface area contributed by atoms with Gasteiger partial charge in [0.2, 0.25) is 0 Å². The molecule has 0 aromatic rings. The molecular weight excluding hydrogens is 342 g/mol. The van der Waals surface area contributed by atoms with E-state index in [0.29, 0.717) is 5.92 Å². The van der Waals surface area contributed by atoms with E-state index in [2.05, 4.69) is 30.8 Å². The molecule has 6 heteroatoms. The van der Waals surface area contributed by atoms with Gasteiger partial charge in [-0.1, -0.05) is 33.3 Å². The molecule has 2 amide bonds. The number of carbonyl (C=O) groups excluding carboxylic acids is 2. The number of primary amides is 1. The van der Waals surface area contributed by atoms with Crippen LogP contribution in [0.1, 0.15) is 72.1 Å². The SMILES string of the molecule is CC12CCC3C(C=C1NNC(N)=O)(CCC1C(C)(C(=O)[O-])CCCC31C)C2. The highest BCUT2D eigenvalue weighted by Crippen LogP contribution is 2.72. The van der Waals surface area contributed by atoms with Gasteiger partial charge in [0.1, 0.15) is 0 Å². The Morgan fingerprint density at radius 2 is 1.81 bits per heavy atom. The molecule has 6 nitrogen and oxygen atoms in total. The number of nitrogens with two attached hydrogens (primary N) is 1. The molecule has 0 saturated heterocycles. The molecule has 27 heavy (non-hydrogen) atoms. The number of amides is 2. The number of urea groups is 1. The summed E-state index contributed by atoms with van der Waals surface area (Å²) in [6.45, 7) is 6.52. The summed E-state index contributed by atoms with van der Waals surface area (Å²) in [5.41, 5.74) is 11.4. The highest BCUT2D eigenvalue weighted by molar-refractivity contribution is 5.73. The van der Waals surface area contributed by atoms with Crippen molar-refractivity contribution >= 4 is 12.0 Å². The lowest BCUT2D eigenvalue weighted by Crippen LogP contribution is -2.60. The number of hydrazine groups is 1. The fraction of sp³-hybridized carbons (Fsp3) is 0.810. The number of nitrogens with one attached hydrogen (secondary N) is 2. The van der Waals surface area contributed by atoms with Crippen LogP contribution in [-0.4, -0.2) is 12.0 Å². The number of hydrogen-bond acceptors (Lipinski definition) is 4. The maximum absolute atomic E-state index is 12.1. The zero-order valence-corrected chi connectivity index (χ0v) is 16.7. The quantitative estimate of drug-likeness (QED) is 0.658. The van der Waals surface area contributed by atoms with Gasteiger partial charge in [-0.05, 0) is 67.6 Å². The number of carbonyl (C=O) groups is 2. The van der Waals surface area contributed by atoms with Gasteiger partial charge in [-0.25, -0.2) is 4.79 Å². The molecule has 0 heterocycles. The van der Waals surface area contributed by atoms with Crippen molar-refractivity contribution in [2.24, 2.45) is 39.2 Å². The van der Waals surface area contributed by atoms with Crippen LogP contribution in [0.25, 0.3) is 0 Å². The van der Waals surface area contributed by atoms with E-state index in [1.54, 1.807) is 0 Å². The van der Waals surface area contributed by atoms with Crippen molar-refractivity contribution in [3.63, 3.8) is 0 Å². The van der Waals surface area contributed by atoms with Crippen LogP contribution in [0.15, 0.2) is 11.8 Å². The van der Waals surface area contributed by atoms with Gasteiger partial charge in [-0.15, -0.1) is 0 Å². The summed E-state index contributed by atoms with van der Waals surface area (Å²) >= 11 is 0. The highest BCUT2D eigenvalue weighted by atomic mass is 16.4. The molecule has 6 atom stereocenters. The lowest BCUT2D eigenvalue weighted by Gasteiger charge is -2.64. The van der Waals surface area contributed by atoms with Crippen molar-refractivity contribution in [3.05, 3.63) is 11.8 Å². The Labute approximate surface area is 161 Å². The molecular formula is C21H32N3O3-. The van der Waals surface area contributed by atoms with Gasteiger partial charge in [0.15, 0.2) is 0 Å². The minimum atomic E-state index is -0.870. The lowest BCUT2D eigenvalue weighted by molar-refractivity contribution is -0.328. The minimum absolute atomic E-state index is 0.0223. The summed E-state index contributed by atoms with van der Waals surface area (Å²) in [4.78, 5) is 23.2. The number of hydrogen-bond donors (Lipinski definition) is 3. The summed E-state index contributed by atoms with van der Waals surface area (Å²) in [6.07, 6.45) is 10.3. The van der Waals surface area contributed by atoms with E-state index in [0.717, 1.165) is 57.1 Å². The summed E-state index contributed by atoms with van der Waals surface area (Å²) < 4.78 is 0. The summed E-state index contributed by atoms with van der Waals surface area (Å²) in [5, 5.41) is 12.1. The van der Waals surface area contributed by atoms with Gasteiger partial charge in [-0.3, -0.25) is 5.43 Å². The Morgan fingerprint density at radius 3 is 2.48 bits per heavy atom. The van der Waals surface area contributed by atoms with Crippen LogP contribution in [0.3, 0.4) is 0 Å². The Bertz CT molecular complexity index is 721. The average molecular weight is 375 g/mol. The van der Waals surface area contributed by atoms with E-state index in [9.17, 15) is 14.7 Å². The first-order chi connectivity index (χ1) is 12.6. The van der Waals surface area contributed by atoms with Crippen molar-refractivity contribution in [2.75, 3.05) is 0 Å². The summed E-state index contributed by atoms with van der Waals surface area (Å²) in [7, 11) is 0. The zero-order chi connectivity index (χ0) is 19.7. The van der Waals surface area contributed by atoms with Crippen LogP contribution < -0.4 is 21.7 Å². The van der Waals surface area contributed by atoms with E-state index >= 15 is 0 Å². The minimum Gasteiger partial charge on any atom is -0.550 e. The fourth-order valence-electron chi connectivity index (χ4n) is 7.80. The van der Waals surface area contributed by atoms with Gasteiger partial charge in [-0.2, -0.15) is 0 Å². The van der Waals surface area contributed by atoms with Crippen molar-refractivity contribution in [2.45, 2.75) is 72.1 Å². The Hall–Kier alpha value is -1.72. The van der Waals surface area contributed by atoms with Gasteiger partial charge in [0.05, 0.1) is 0 Å². The Balaban J connectivity index is 1.70. The first-order valence-electron chi connectivity index (χ1n) is 10.3. The van der Waals surface area contributed by atoms with Gasteiger partial charge in [0, 0.05) is 22.5 Å². The normalized spacial score (nSPS) is 48.0. The van der Waals surface area contributed by atoms with Gasteiger partial charge in [0.25, 0.3) is 0 Å². The van der Waals surface area contributed by atoms with E-state index in [4.69, 9.17) is 5.73 Å². The third-order valence-corrected chi connectivity index (χ3v) is 8.94. The molecule has 0 aliphatic heterocycles.